The van der Waals surface area contributed by atoms with E-state index in [1.807, 2.05) is 12.1 Å². The van der Waals surface area contributed by atoms with Gasteiger partial charge in [-0.3, -0.25) is 0 Å². The van der Waals surface area contributed by atoms with Crippen molar-refractivity contribution < 1.29 is 4.39 Å². The predicted octanol–water partition coefficient (Wildman–Crippen LogP) is 5.85. The fraction of sp³-hybridized carbons (Fsp3) is 0.667. The Morgan fingerprint density at radius 1 is 1.24 bits per heavy atom. The number of benzene rings is 1. The molecule has 1 aliphatic rings. The number of nitrogens with one attached hydrogen (secondary N) is 1. The first-order chi connectivity index (χ1) is 10.2. The number of halogens is 2. The van der Waals surface area contributed by atoms with Gasteiger partial charge in [0, 0.05) is 16.1 Å². The second-order valence-corrected chi connectivity index (χ2v) is 7.20. The third kappa shape index (κ3) is 4.53. The monoisotopic (exact) mass is 355 g/mol. The zero-order valence-corrected chi connectivity index (χ0v) is 14.8. The van der Waals surface area contributed by atoms with E-state index in [4.69, 9.17) is 0 Å². The largest absolute Gasteiger partial charge is 0.310 e. The lowest BCUT2D eigenvalue weighted by molar-refractivity contribution is 0.216. The molecule has 1 aliphatic carbocycles. The summed E-state index contributed by atoms with van der Waals surface area (Å²) in [5, 5.41) is 3.59. The summed E-state index contributed by atoms with van der Waals surface area (Å²) in [4.78, 5) is 0. The van der Waals surface area contributed by atoms with Crippen LogP contribution < -0.4 is 5.32 Å². The van der Waals surface area contributed by atoms with Crippen LogP contribution in [0.2, 0.25) is 0 Å². The van der Waals surface area contributed by atoms with Crippen LogP contribution in [0.15, 0.2) is 22.7 Å². The standard InChI is InChI=1S/C18H27BrFN/c1-3-11-21-18(14-7-5-13(4-2)6-8-14)16-10-9-15(19)12-17(16)20/h9-10,12-14,18,21H,3-8,11H2,1-2H3. The minimum Gasteiger partial charge on any atom is -0.310 e. The van der Waals surface area contributed by atoms with E-state index in [-0.39, 0.29) is 11.9 Å². The Hall–Kier alpha value is -0.410. The normalized spacial score (nSPS) is 24.0. The molecule has 1 saturated carbocycles. The first kappa shape index (κ1) is 17.0. The highest BCUT2D eigenvalue weighted by molar-refractivity contribution is 9.10. The SMILES string of the molecule is CCCNC(c1ccc(Br)cc1F)C1CCC(CC)CC1. The van der Waals surface area contributed by atoms with Gasteiger partial charge in [0.1, 0.15) is 5.82 Å². The zero-order chi connectivity index (χ0) is 15.2. The molecule has 0 bridgehead atoms. The molecule has 1 atom stereocenters. The van der Waals surface area contributed by atoms with Crippen LogP contribution in [0.5, 0.6) is 0 Å². The fourth-order valence-corrected chi connectivity index (χ4v) is 3.85. The van der Waals surface area contributed by atoms with Crippen LogP contribution in [0.1, 0.15) is 64.0 Å². The molecule has 0 amide bonds. The number of hydrogen-bond donors (Lipinski definition) is 1. The fourth-order valence-electron chi connectivity index (χ4n) is 3.51. The van der Waals surface area contributed by atoms with Gasteiger partial charge >= 0.3 is 0 Å². The maximum Gasteiger partial charge on any atom is 0.129 e. The van der Waals surface area contributed by atoms with Gasteiger partial charge in [-0.05, 0) is 49.8 Å². The minimum atomic E-state index is -0.0874. The van der Waals surface area contributed by atoms with Crippen molar-refractivity contribution in [2.45, 2.75) is 58.4 Å². The Balaban J connectivity index is 2.14. The van der Waals surface area contributed by atoms with Crippen LogP contribution in [0.4, 0.5) is 4.39 Å². The Labute approximate surface area is 136 Å². The highest BCUT2D eigenvalue weighted by Crippen LogP contribution is 2.39. The summed E-state index contributed by atoms with van der Waals surface area (Å²) in [7, 11) is 0. The lowest BCUT2D eigenvalue weighted by Crippen LogP contribution is -2.32. The van der Waals surface area contributed by atoms with Crippen molar-refractivity contribution in [1.29, 1.82) is 0 Å². The van der Waals surface area contributed by atoms with E-state index >= 15 is 0 Å². The van der Waals surface area contributed by atoms with E-state index in [0.29, 0.717) is 5.92 Å². The van der Waals surface area contributed by atoms with E-state index in [2.05, 4.69) is 35.1 Å². The molecule has 0 heterocycles. The molecule has 0 radical (unpaired) electrons. The summed E-state index contributed by atoms with van der Waals surface area (Å²) in [6, 6.07) is 5.65. The molecule has 0 aliphatic heterocycles. The van der Waals surface area contributed by atoms with Crippen molar-refractivity contribution in [2.75, 3.05) is 6.54 Å². The van der Waals surface area contributed by atoms with Crippen LogP contribution in [-0.2, 0) is 0 Å². The maximum absolute atomic E-state index is 14.4. The summed E-state index contributed by atoms with van der Waals surface area (Å²) in [5.41, 5.74) is 0.839. The molecule has 1 N–H and O–H groups in total. The molecule has 118 valence electrons. The average molecular weight is 356 g/mol. The summed E-state index contributed by atoms with van der Waals surface area (Å²) in [6.45, 7) is 5.40. The molecule has 1 aromatic rings. The number of hydrogen-bond acceptors (Lipinski definition) is 1. The molecule has 0 spiro atoms. The summed E-state index contributed by atoms with van der Waals surface area (Å²) < 4.78 is 15.2. The lowest BCUT2D eigenvalue weighted by Gasteiger charge is -2.34. The molecule has 1 nitrogen and oxygen atoms in total. The third-order valence-corrected chi connectivity index (χ3v) is 5.35. The quantitative estimate of drug-likeness (QED) is 0.675. The third-order valence-electron chi connectivity index (χ3n) is 4.85. The molecule has 1 fully saturated rings. The zero-order valence-electron chi connectivity index (χ0n) is 13.2. The van der Waals surface area contributed by atoms with Gasteiger partial charge in [0.2, 0.25) is 0 Å². The summed E-state index contributed by atoms with van der Waals surface area (Å²) in [6.07, 6.45) is 7.39. The van der Waals surface area contributed by atoms with Crippen molar-refractivity contribution >= 4 is 15.9 Å². The van der Waals surface area contributed by atoms with Gasteiger partial charge in [-0.2, -0.15) is 0 Å². The first-order valence-electron chi connectivity index (χ1n) is 8.34. The predicted molar refractivity (Wildman–Crippen MR) is 90.9 cm³/mol. The lowest BCUT2D eigenvalue weighted by atomic mass is 9.76. The Morgan fingerprint density at radius 3 is 2.52 bits per heavy atom. The molecule has 2 rings (SSSR count). The van der Waals surface area contributed by atoms with Crippen LogP contribution in [0.3, 0.4) is 0 Å². The van der Waals surface area contributed by atoms with Crippen LogP contribution in [-0.4, -0.2) is 6.54 Å². The molecule has 1 unspecified atom stereocenters. The van der Waals surface area contributed by atoms with Gasteiger partial charge in [-0.15, -0.1) is 0 Å². The van der Waals surface area contributed by atoms with Crippen molar-refractivity contribution in [3.63, 3.8) is 0 Å². The molecule has 0 saturated heterocycles. The second-order valence-electron chi connectivity index (χ2n) is 6.29. The summed E-state index contributed by atoms with van der Waals surface area (Å²) in [5.74, 6) is 1.36. The second kappa shape index (κ2) is 8.28. The molecule has 3 heteroatoms. The highest BCUT2D eigenvalue weighted by atomic mass is 79.9. The molecular weight excluding hydrogens is 329 g/mol. The van der Waals surface area contributed by atoms with Crippen molar-refractivity contribution in [3.05, 3.63) is 34.1 Å². The van der Waals surface area contributed by atoms with Crippen LogP contribution >= 0.6 is 15.9 Å². The Bertz CT molecular complexity index is 441. The van der Waals surface area contributed by atoms with Crippen molar-refractivity contribution in [3.8, 4) is 0 Å². The van der Waals surface area contributed by atoms with Gasteiger partial charge in [0.25, 0.3) is 0 Å². The van der Waals surface area contributed by atoms with Gasteiger partial charge in [-0.1, -0.05) is 55.1 Å². The smallest absolute Gasteiger partial charge is 0.129 e. The topological polar surface area (TPSA) is 12.0 Å². The first-order valence-corrected chi connectivity index (χ1v) is 9.13. The van der Waals surface area contributed by atoms with Crippen molar-refractivity contribution in [2.24, 2.45) is 11.8 Å². The van der Waals surface area contributed by atoms with E-state index in [1.165, 1.54) is 32.1 Å². The van der Waals surface area contributed by atoms with E-state index in [1.54, 1.807) is 6.07 Å². The van der Waals surface area contributed by atoms with Crippen molar-refractivity contribution in [1.82, 2.24) is 5.32 Å². The van der Waals surface area contributed by atoms with E-state index < -0.39 is 0 Å². The highest BCUT2D eigenvalue weighted by Gasteiger charge is 2.29. The van der Waals surface area contributed by atoms with Gasteiger partial charge in [0.15, 0.2) is 0 Å². The summed E-state index contributed by atoms with van der Waals surface area (Å²) >= 11 is 3.35. The van der Waals surface area contributed by atoms with Crippen LogP contribution in [0, 0.1) is 17.7 Å². The number of rotatable bonds is 6. The molecule has 0 aromatic heterocycles. The molecule has 21 heavy (non-hydrogen) atoms. The van der Waals surface area contributed by atoms with E-state index in [0.717, 1.165) is 28.9 Å². The maximum atomic E-state index is 14.4. The van der Waals surface area contributed by atoms with E-state index in [9.17, 15) is 4.39 Å². The van der Waals surface area contributed by atoms with Crippen LogP contribution in [0.25, 0.3) is 0 Å². The average Bonchev–Trinajstić information content (AvgIpc) is 2.50. The minimum absolute atomic E-state index is 0.0874. The molecular formula is C18H27BrFN. The van der Waals surface area contributed by atoms with Gasteiger partial charge < -0.3 is 5.32 Å². The Kier molecular flexibility index (Phi) is 6.69. The molecule has 1 aromatic carbocycles. The van der Waals surface area contributed by atoms with Gasteiger partial charge in [0.05, 0.1) is 0 Å². The van der Waals surface area contributed by atoms with Gasteiger partial charge in [-0.25, -0.2) is 4.39 Å². The Morgan fingerprint density at radius 2 is 1.95 bits per heavy atom.